The average molecular weight is 348 g/mol. The van der Waals surface area contributed by atoms with Gasteiger partial charge in [0.05, 0.1) is 28.3 Å². The Kier molecular flexibility index (Phi) is 6.28. The smallest absolute Gasteiger partial charge is 0.236 e. The van der Waals surface area contributed by atoms with E-state index in [0.29, 0.717) is 6.54 Å². The molecule has 2 aromatic rings. The molecule has 1 atom stereocenters. The fraction of sp³-hybridized carbons (Fsp3) is 0.471. The Bertz CT molecular complexity index is 680. The Balaban J connectivity index is 1.81. The molecule has 1 heterocycles. The van der Waals surface area contributed by atoms with Crippen LogP contribution in [0.3, 0.4) is 0 Å². The van der Waals surface area contributed by atoms with Crippen LogP contribution >= 0.6 is 11.3 Å². The van der Waals surface area contributed by atoms with Gasteiger partial charge >= 0.3 is 0 Å². The van der Waals surface area contributed by atoms with E-state index < -0.39 is 0 Å². The van der Waals surface area contributed by atoms with Crippen molar-refractivity contribution in [3.8, 4) is 0 Å². The summed E-state index contributed by atoms with van der Waals surface area (Å²) in [5.41, 5.74) is 0.998. The minimum absolute atomic E-state index is 0.0202. The number of para-hydroxylation sites is 1. The Morgan fingerprint density at radius 3 is 2.58 bits per heavy atom. The van der Waals surface area contributed by atoms with Crippen LogP contribution in [0.25, 0.3) is 10.2 Å². The van der Waals surface area contributed by atoms with Crippen molar-refractivity contribution in [2.75, 3.05) is 40.8 Å². The summed E-state index contributed by atoms with van der Waals surface area (Å²) in [6.07, 6.45) is 0. The van der Waals surface area contributed by atoms with Gasteiger partial charge < -0.3 is 10.2 Å². The van der Waals surface area contributed by atoms with Crippen molar-refractivity contribution in [3.05, 3.63) is 29.3 Å². The molecule has 130 valence electrons. The maximum Gasteiger partial charge on any atom is 0.236 e. The van der Waals surface area contributed by atoms with Crippen LogP contribution < -0.4 is 5.32 Å². The number of hydrogen-bond donors (Lipinski definition) is 1. The number of likely N-dealkylation sites (N-methyl/N-ethyl adjacent to an activating group) is 2. The molecule has 0 aliphatic heterocycles. The monoisotopic (exact) mass is 348 g/mol. The van der Waals surface area contributed by atoms with Gasteiger partial charge in [0.1, 0.15) is 0 Å². The van der Waals surface area contributed by atoms with Crippen molar-refractivity contribution >= 4 is 33.4 Å². The first kappa shape index (κ1) is 18.4. The van der Waals surface area contributed by atoms with Crippen LogP contribution in [-0.2, 0) is 9.59 Å². The summed E-state index contributed by atoms with van der Waals surface area (Å²) < 4.78 is 1.16. The van der Waals surface area contributed by atoms with Crippen molar-refractivity contribution in [2.45, 2.75) is 12.8 Å². The van der Waals surface area contributed by atoms with Crippen LogP contribution in [0.1, 0.15) is 17.8 Å². The van der Waals surface area contributed by atoms with Gasteiger partial charge in [-0.15, -0.1) is 11.3 Å². The topological polar surface area (TPSA) is 65.5 Å². The highest BCUT2D eigenvalue weighted by Gasteiger charge is 2.15. The van der Waals surface area contributed by atoms with E-state index in [2.05, 4.69) is 23.3 Å². The maximum absolute atomic E-state index is 12.0. The van der Waals surface area contributed by atoms with Crippen LogP contribution in [0.2, 0.25) is 0 Å². The van der Waals surface area contributed by atoms with E-state index >= 15 is 0 Å². The van der Waals surface area contributed by atoms with Gasteiger partial charge in [0.25, 0.3) is 0 Å². The molecule has 0 saturated carbocycles. The van der Waals surface area contributed by atoms with Crippen LogP contribution in [0.5, 0.6) is 0 Å². The van der Waals surface area contributed by atoms with Crippen LogP contribution in [0, 0.1) is 0 Å². The zero-order valence-electron chi connectivity index (χ0n) is 14.6. The predicted molar refractivity (Wildman–Crippen MR) is 97.2 cm³/mol. The maximum atomic E-state index is 12.0. The van der Waals surface area contributed by atoms with Gasteiger partial charge in [0.15, 0.2) is 0 Å². The number of carbonyl (C=O) groups is 2. The van der Waals surface area contributed by atoms with E-state index in [0.717, 1.165) is 15.2 Å². The first-order valence-corrected chi connectivity index (χ1v) is 8.69. The number of nitrogens with zero attached hydrogens (tertiary/aromatic N) is 3. The summed E-state index contributed by atoms with van der Waals surface area (Å²) >= 11 is 1.66. The number of carbonyl (C=O) groups excluding carboxylic acids is 2. The quantitative estimate of drug-likeness (QED) is 0.824. The summed E-state index contributed by atoms with van der Waals surface area (Å²) in [4.78, 5) is 31.5. The molecule has 0 bridgehead atoms. The molecule has 2 rings (SSSR count). The molecule has 1 aromatic carbocycles. The lowest BCUT2D eigenvalue weighted by Crippen LogP contribution is -2.41. The van der Waals surface area contributed by atoms with E-state index in [4.69, 9.17) is 0 Å². The summed E-state index contributed by atoms with van der Waals surface area (Å²) in [6, 6.07) is 8.03. The second kappa shape index (κ2) is 8.21. The van der Waals surface area contributed by atoms with Gasteiger partial charge in [-0.3, -0.25) is 14.5 Å². The minimum Gasteiger partial charge on any atom is -0.354 e. The van der Waals surface area contributed by atoms with Crippen LogP contribution in [-0.4, -0.2) is 67.4 Å². The van der Waals surface area contributed by atoms with E-state index in [-0.39, 0.29) is 30.8 Å². The van der Waals surface area contributed by atoms with Gasteiger partial charge in [0.2, 0.25) is 11.8 Å². The molecule has 7 heteroatoms. The third-order valence-corrected chi connectivity index (χ3v) is 4.92. The van der Waals surface area contributed by atoms with Crippen LogP contribution in [0.4, 0.5) is 0 Å². The number of aromatic nitrogens is 1. The average Bonchev–Trinajstić information content (AvgIpc) is 2.96. The fourth-order valence-electron chi connectivity index (χ4n) is 2.18. The van der Waals surface area contributed by atoms with E-state index in [1.165, 1.54) is 4.90 Å². The van der Waals surface area contributed by atoms with Gasteiger partial charge in [-0.2, -0.15) is 0 Å². The lowest BCUT2D eigenvalue weighted by Gasteiger charge is -2.19. The Hall–Kier alpha value is -1.99. The highest BCUT2D eigenvalue weighted by Crippen LogP contribution is 2.26. The number of benzene rings is 1. The van der Waals surface area contributed by atoms with Crippen LogP contribution in [0.15, 0.2) is 24.3 Å². The standard InChI is InChI=1S/C17H24N4O2S/c1-12(17-19-13-7-5-6-8-14(13)24-17)9-18-15(22)10-21(4)11-16(23)20(2)3/h5-8,12H,9-11H2,1-4H3,(H,18,22). The van der Waals surface area contributed by atoms with E-state index in [9.17, 15) is 9.59 Å². The summed E-state index contributed by atoms with van der Waals surface area (Å²) in [7, 11) is 5.17. The second-order valence-corrected chi connectivity index (χ2v) is 7.25. The molecular weight excluding hydrogens is 324 g/mol. The highest BCUT2D eigenvalue weighted by molar-refractivity contribution is 7.18. The molecule has 0 aliphatic rings. The number of amides is 2. The molecular formula is C17H24N4O2S. The molecule has 0 saturated heterocycles. The van der Waals surface area contributed by atoms with E-state index in [1.54, 1.807) is 37.4 Å². The lowest BCUT2D eigenvalue weighted by atomic mass is 10.2. The number of fused-ring (bicyclic) bond motifs is 1. The Morgan fingerprint density at radius 2 is 1.92 bits per heavy atom. The zero-order valence-corrected chi connectivity index (χ0v) is 15.4. The molecule has 0 radical (unpaired) electrons. The SMILES string of the molecule is CC(CNC(=O)CN(C)CC(=O)N(C)C)c1nc2ccccc2s1. The zero-order chi connectivity index (χ0) is 17.7. The van der Waals surface area contributed by atoms with Gasteiger partial charge in [0, 0.05) is 26.6 Å². The Labute approximate surface area is 146 Å². The molecule has 1 unspecified atom stereocenters. The number of rotatable bonds is 7. The summed E-state index contributed by atoms with van der Waals surface area (Å²) in [5.74, 6) is 0.0465. The first-order valence-electron chi connectivity index (χ1n) is 7.87. The third-order valence-electron chi connectivity index (χ3n) is 3.65. The van der Waals surface area contributed by atoms with E-state index in [1.807, 2.05) is 18.2 Å². The largest absolute Gasteiger partial charge is 0.354 e. The molecule has 2 amide bonds. The fourth-order valence-corrected chi connectivity index (χ4v) is 3.20. The van der Waals surface area contributed by atoms with Crippen molar-refractivity contribution < 1.29 is 9.59 Å². The molecule has 0 aliphatic carbocycles. The van der Waals surface area contributed by atoms with Crippen molar-refractivity contribution in [1.29, 1.82) is 0 Å². The van der Waals surface area contributed by atoms with Gasteiger partial charge in [-0.05, 0) is 19.2 Å². The van der Waals surface area contributed by atoms with Gasteiger partial charge in [-0.25, -0.2) is 4.98 Å². The first-order chi connectivity index (χ1) is 11.4. The van der Waals surface area contributed by atoms with Crippen molar-refractivity contribution in [1.82, 2.24) is 20.1 Å². The molecule has 1 aromatic heterocycles. The van der Waals surface area contributed by atoms with Crippen molar-refractivity contribution in [3.63, 3.8) is 0 Å². The highest BCUT2D eigenvalue weighted by atomic mass is 32.1. The number of hydrogen-bond acceptors (Lipinski definition) is 5. The lowest BCUT2D eigenvalue weighted by molar-refractivity contribution is -0.130. The normalized spacial score (nSPS) is 12.4. The molecule has 0 fully saturated rings. The van der Waals surface area contributed by atoms with Crippen molar-refractivity contribution in [2.24, 2.45) is 0 Å². The number of thiazole rings is 1. The third kappa shape index (κ3) is 5.01. The second-order valence-electron chi connectivity index (χ2n) is 6.19. The van der Waals surface area contributed by atoms with Gasteiger partial charge in [-0.1, -0.05) is 19.1 Å². The molecule has 1 N–H and O–H groups in total. The summed E-state index contributed by atoms with van der Waals surface area (Å²) in [5, 5.41) is 3.94. The summed E-state index contributed by atoms with van der Waals surface area (Å²) in [6.45, 7) is 3.02. The molecule has 0 spiro atoms. The predicted octanol–water partition coefficient (Wildman–Crippen LogP) is 1.54. The number of nitrogens with one attached hydrogen (secondary N) is 1. The molecule has 24 heavy (non-hydrogen) atoms. The minimum atomic E-state index is -0.0861. The molecule has 6 nitrogen and oxygen atoms in total. The Morgan fingerprint density at radius 1 is 1.21 bits per heavy atom.